The van der Waals surface area contributed by atoms with Crippen LogP contribution in [0.2, 0.25) is 0 Å². The van der Waals surface area contributed by atoms with Gasteiger partial charge >= 0.3 is 0 Å². The topological polar surface area (TPSA) is 55.4 Å². The summed E-state index contributed by atoms with van der Waals surface area (Å²) in [7, 11) is -3.22. The Hall–Kier alpha value is -1.07. The Bertz CT molecular complexity index is 567. The quantitative estimate of drug-likeness (QED) is 0.668. The van der Waals surface area contributed by atoms with Gasteiger partial charge in [0, 0.05) is 6.04 Å². The Labute approximate surface area is 134 Å². The smallest absolute Gasteiger partial charge is 0.212 e. The molecule has 0 heterocycles. The molecule has 1 aromatic rings. The van der Waals surface area contributed by atoms with Gasteiger partial charge in [0.1, 0.15) is 5.75 Å². The summed E-state index contributed by atoms with van der Waals surface area (Å²) in [5.74, 6) is 1.72. The van der Waals surface area contributed by atoms with Crippen LogP contribution in [0.1, 0.15) is 57.6 Å². The van der Waals surface area contributed by atoms with Gasteiger partial charge in [0.05, 0.1) is 12.4 Å². The molecule has 1 fully saturated rings. The van der Waals surface area contributed by atoms with Crippen LogP contribution in [-0.2, 0) is 10.0 Å². The van der Waals surface area contributed by atoms with Crippen molar-refractivity contribution in [2.75, 3.05) is 12.4 Å². The second kappa shape index (κ2) is 7.97. The summed E-state index contributed by atoms with van der Waals surface area (Å²) >= 11 is 0. The SMILES string of the molecule is CCCCCS(=O)(=O)N[C@H](C)c1cccc(OCC2CC2)c1. The van der Waals surface area contributed by atoms with Crippen molar-refractivity contribution in [1.29, 1.82) is 0 Å². The Morgan fingerprint density at radius 3 is 2.77 bits per heavy atom. The highest BCUT2D eigenvalue weighted by Crippen LogP contribution is 2.30. The summed E-state index contributed by atoms with van der Waals surface area (Å²) in [6.07, 6.45) is 5.19. The lowest BCUT2D eigenvalue weighted by atomic mass is 10.1. The van der Waals surface area contributed by atoms with E-state index in [-0.39, 0.29) is 11.8 Å². The van der Waals surface area contributed by atoms with Gasteiger partial charge in [-0.1, -0.05) is 31.9 Å². The summed E-state index contributed by atoms with van der Waals surface area (Å²) in [5, 5.41) is 0. The molecule has 5 heteroatoms. The molecule has 22 heavy (non-hydrogen) atoms. The molecule has 1 N–H and O–H groups in total. The molecule has 0 bridgehead atoms. The maximum absolute atomic E-state index is 12.1. The average Bonchev–Trinajstić information content (AvgIpc) is 3.29. The van der Waals surface area contributed by atoms with E-state index in [1.807, 2.05) is 31.2 Å². The first kappa shape index (κ1) is 17.3. The van der Waals surface area contributed by atoms with Gasteiger partial charge in [-0.05, 0) is 49.8 Å². The second-order valence-corrected chi connectivity index (χ2v) is 8.07. The van der Waals surface area contributed by atoms with E-state index in [0.717, 1.165) is 30.8 Å². The van der Waals surface area contributed by atoms with Crippen LogP contribution in [0.4, 0.5) is 0 Å². The molecule has 0 aromatic heterocycles. The number of hydrogen-bond donors (Lipinski definition) is 1. The van der Waals surface area contributed by atoms with Gasteiger partial charge in [-0.25, -0.2) is 13.1 Å². The van der Waals surface area contributed by atoms with Crippen molar-refractivity contribution >= 4 is 10.0 Å². The molecule has 0 unspecified atom stereocenters. The third kappa shape index (κ3) is 5.97. The van der Waals surface area contributed by atoms with Crippen molar-refractivity contribution in [3.8, 4) is 5.75 Å². The van der Waals surface area contributed by atoms with Crippen LogP contribution in [0, 0.1) is 5.92 Å². The van der Waals surface area contributed by atoms with Crippen LogP contribution in [0.3, 0.4) is 0 Å². The van der Waals surface area contributed by atoms with E-state index >= 15 is 0 Å². The first-order chi connectivity index (χ1) is 10.5. The Morgan fingerprint density at radius 1 is 1.32 bits per heavy atom. The van der Waals surface area contributed by atoms with Crippen molar-refractivity contribution in [3.63, 3.8) is 0 Å². The van der Waals surface area contributed by atoms with E-state index in [4.69, 9.17) is 4.74 Å². The van der Waals surface area contributed by atoms with Crippen LogP contribution in [0.5, 0.6) is 5.75 Å². The minimum atomic E-state index is -3.22. The maximum Gasteiger partial charge on any atom is 0.212 e. The van der Waals surface area contributed by atoms with Crippen LogP contribution in [-0.4, -0.2) is 20.8 Å². The number of sulfonamides is 1. The lowest BCUT2D eigenvalue weighted by molar-refractivity contribution is 0.299. The highest BCUT2D eigenvalue weighted by molar-refractivity contribution is 7.89. The molecular formula is C17H27NO3S. The molecule has 0 aliphatic heterocycles. The zero-order valence-corrected chi connectivity index (χ0v) is 14.4. The summed E-state index contributed by atoms with van der Waals surface area (Å²) in [4.78, 5) is 0. The molecule has 124 valence electrons. The number of hydrogen-bond acceptors (Lipinski definition) is 3. The van der Waals surface area contributed by atoms with Crippen molar-refractivity contribution in [3.05, 3.63) is 29.8 Å². The molecule has 1 aromatic carbocycles. The summed E-state index contributed by atoms with van der Waals surface area (Å²) in [6, 6.07) is 7.47. The van der Waals surface area contributed by atoms with Crippen LogP contribution in [0.25, 0.3) is 0 Å². The van der Waals surface area contributed by atoms with E-state index in [1.54, 1.807) is 0 Å². The highest BCUT2D eigenvalue weighted by Gasteiger charge is 2.22. The molecule has 0 saturated heterocycles. The standard InChI is InChI=1S/C17H27NO3S/c1-3-4-5-11-22(19,20)18-14(2)16-7-6-8-17(12-16)21-13-15-9-10-15/h6-8,12,14-15,18H,3-5,9-11,13H2,1-2H3/t14-/m1/s1. The van der Waals surface area contributed by atoms with Gasteiger partial charge in [0.2, 0.25) is 10.0 Å². The predicted molar refractivity (Wildman–Crippen MR) is 89.5 cm³/mol. The molecule has 0 radical (unpaired) electrons. The average molecular weight is 325 g/mol. The third-order valence-corrected chi connectivity index (χ3v) is 5.45. The van der Waals surface area contributed by atoms with Crippen molar-refractivity contribution in [2.24, 2.45) is 5.92 Å². The first-order valence-electron chi connectivity index (χ1n) is 8.23. The van der Waals surface area contributed by atoms with Crippen LogP contribution >= 0.6 is 0 Å². The predicted octanol–water partition coefficient (Wildman–Crippen LogP) is 3.65. The molecule has 1 atom stereocenters. The number of unbranched alkanes of at least 4 members (excludes halogenated alkanes) is 2. The maximum atomic E-state index is 12.1. The summed E-state index contributed by atoms with van der Waals surface area (Å²) in [6.45, 7) is 4.70. The van der Waals surface area contributed by atoms with Gasteiger partial charge in [0.25, 0.3) is 0 Å². The normalized spacial score (nSPS) is 16.5. The number of nitrogens with one attached hydrogen (secondary N) is 1. The minimum absolute atomic E-state index is 0.197. The number of benzene rings is 1. The van der Waals surface area contributed by atoms with Gasteiger partial charge < -0.3 is 4.74 Å². The van der Waals surface area contributed by atoms with E-state index in [9.17, 15) is 8.42 Å². The molecule has 1 aliphatic carbocycles. The molecule has 4 nitrogen and oxygen atoms in total. The fourth-order valence-corrected chi connectivity index (χ4v) is 3.69. The van der Waals surface area contributed by atoms with Gasteiger partial charge in [-0.3, -0.25) is 0 Å². The van der Waals surface area contributed by atoms with Gasteiger partial charge in [0.15, 0.2) is 0 Å². The third-order valence-electron chi connectivity index (χ3n) is 3.91. The fourth-order valence-electron chi connectivity index (χ4n) is 2.31. The molecule has 0 spiro atoms. The summed E-state index contributed by atoms with van der Waals surface area (Å²) < 4.78 is 32.6. The zero-order valence-electron chi connectivity index (χ0n) is 13.5. The molecule has 1 aliphatic rings. The highest BCUT2D eigenvalue weighted by atomic mass is 32.2. The first-order valence-corrected chi connectivity index (χ1v) is 9.88. The minimum Gasteiger partial charge on any atom is -0.493 e. The largest absolute Gasteiger partial charge is 0.493 e. The number of ether oxygens (including phenoxy) is 1. The lowest BCUT2D eigenvalue weighted by Gasteiger charge is -2.16. The van der Waals surface area contributed by atoms with Gasteiger partial charge in [-0.2, -0.15) is 0 Å². The molecule has 2 rings (SSSR count). The van der Waals surface area contributed by atoms with Gasteiger partial charge in [-0.15, -0.1) is 0 Å². The second-order valence-electron chi connectivity index (χ2n) is 6.19. The summed E-state index contributed by atoms with van der Waals surface area (Å²) in [5.41, 5.74) is 0.937. The van der Waals surface area contributed by atoms with Crippen molar-refractivity contribution < 1.29 is 13.2 Å². The Morgan fingerprint density at radius 2 is 2.09 bits per heavy atom. The van der Waals surface area contributed by atoms with E-state index in [2.05, 4.69) is 11.6 Å². The Kier molecular flexibility index (Phi) is 6.26. The van der Waals surface area contributed by atoms with E-state index in [1.165, 1.54) is 12.8 Å². The van der Waals surface area contributed by atoms with Crippen LogP contribution < -0.4 is 9.46 Å². The van der Waals surface area contributed by atoms with Crippen molar-refractivity contribution in [2.45, 2.75) is 52.0 Å². The van der Waals surface area contributed by atoms with Crippen LogP contribution in [0.15, 0.2) is 24.3 Å². The number of rotatable bonds is 10. The monoisotopic (exact) mass is 325 g/mol. The zero-order chi connectivity index (χ0) is 16.0. The fraction of sp³-hybridized carbons (Fsp3) is 0.647. The molecule has 1 saturated carbocycles. The van der Waals surface area contributed by atoms with E-state index < -0.39 is 10.0 Å². The van der Waals surface area contributed by atoms with E-state index in [0.29, 0.717) is 12.3 Å². The lowest BCUT2D eigenvalue weighted by Crippen LogP contribution is -2.29. The Balaban J connectivity index is 1.90. The molecule has 0 amide bonds. The molecular weight excluding hydrogens is 298 g/mol. The van der Waals surface area contributed by atoms with Crippen molar-refractivity contribution in [1.82, 2.24) is 4.72 Å².